The molecule has 7 rings (SSSR count). The van der Waals surface area contributed by atoms with Crippen molar-refractivity contribution < 1.29 is 33.7 Å². The summed E-state index contributed by atoms with van der Waals surface area (Å²) in [5, 5.41) is 15.9. The number of ether oxygens (including phenoxy) is 3. The van der Waals surface area contributed by atoms with E-state index in [2.05, 4.69) is 15.6 Å². The van der Waals surface area contributed by atoms with Crippen LogP contribution in [-0.4, -0.2) is 47.6 Å². The number of hydrogen-bond acceptors (Lipinski definition) is 7. The van der Waals surface area contributed by atoms with E-state index in [-0.39, 0.29) is 11.8 Å². The summed E-state index contributed by atoms with van der Waals surface area (Å²) < 4.78 is 16.8. The first kappa shape index (κ1) is 24.0. The SMILES string of the molecule is COc1cc2nccc(Oc3ccc(NC(=O)C4(C(=O)NC56CC(C(=O)O)(C5)C6)CC4)cc3)c2cc1OC. The summed E-state index contributed by atoms with van der Waals surface area (Å²) in [4.78, 5) is 41.7. The molecule has 4 saturated carbocycles. The minimum atomic E-state index is -1.10. The first-order valence-corrected chi connectivity index (χ1v) is 12.4. The minimum absolute atomic E-state index is 0.315. The van der Waals surface area contributed by atoms with Crippen molar-refractivity contribution in [2.45, 2.75) is 37.6 Å². The number of fused-ring (bicyclic) bond motifs is 1. The molecule has 38 heavy (non-hydrogen) atoms. The van der Waals surface area contributed by atoms with Crippen LogP contribution in [0.4, 0.5) is 5.69 Å². The van der Waals surface area contributed by atoms with E-state index in [9.17, 15) is 19.5 Å². The van der Waals surface area contributed by atoms with Gasteiger partial charge in [0.2, 0.25) is 11.8 Å². The Labute approximate surface area is 218 Å². The van der Waals surface area contributed by atoms with Crippen molar-refractivity contribution in [2.24, 2.45) is 10.8 Å². The third kappa shape index (κ3) is 3.70. The highest BCUT2D eigenvalue weighted by atomic mass is 16.5. The second-order valence-corrected chi connectivity index (χ2v) is 10.5. The normalized spacial score (nSPS) is 23.8. The molecule has 3 aromatic rings. The number of aromatic nitrogens is 1. The van der Waals surface area contributed by atoms with Crippen LogP contribution in [0.3, 0.4) is 0 Å². The second kappa shape index (κ2) is 8.34. The predicted octanol–water partition coefficient (Wildman–Crippen LogP) is 3.89. The molecule has 1 aromatic heterocycles. The lowest BCUT2D eigenvalue weighted by atomic mass is 9.39. The van der Waals surface area contributed by atoms with Crippen molar-refractivity contribution in [1.82, 2.24) is 10.3 Å². The molecule has 0 radical (unpaired) electrons. The number of nitrogens with one attached hydrogen (secondary N) is 2. The number of methoxy groups -OCH3 is 2. The van der Waals surface area contributed by atoms with Gasteiger partial charge in [0.15, 0.2) is 11.5 Å². The average Bonchev–Trinajstić information content (AvgIpc) is 3.68. The van der Waals surface area contributed by atoms with Crippen LogP contribution in [0.2, 0.25) is 0 Å². The first-order chi connectivity index (χ1) is 18.2. The fourth-order valence-corrected chi connectivity index (χ4v) is 5.71. The molecule has 10 nitrogen and oxygen atoms in total. The molecule has 3 N–H and O–H groups in total. The van der Waals surface area contributed by atoms with Gasteiger partial charge in [0.05, 0.1) is 25.2 Å². The molecule has 2 aromatic carbocycles. The number of rotatable bonds is 9. The summed E-state index contributed by atoms with van der Waals surface area (Å²) in [6, 6.07) is 12.2. The van der Waals surface area contributed by atoms with Crippen molar-refractivity contribution in [2.75, 3.05) is 19.5 Å². The predicted molar refractivity (Wildman–Crippen MR) is 136 cm³/mol. The van der Waals surface area contributed by atoms with Crippen molar-refractivity contribution in [3.63, 3.8) is 0 Å². The van der Waals surface area contributed by atoms with E-state index in [0.717, 1.165) is 5.39 Å². The van der Waals surface area contributed by atoms with E-state index in [1.807, 2.05) is 0 Å². The lowest BCUT2D eigenvalue weighted by Gasteiger charge is -2.68. The Morgan fingerprint density at radius 1 is 0.895 bits per heavy atom. The quantitative estimate of drug-likeness (QED) is 0.364. The van der Waals surface area contributed by atoms with Gasteiger partial charge in [-0.25, -0.2) is 0 Å². The number of aliphatic carboxylic acids is 1. The lowest BCUT2D eigenvalue weighted by Crippen LogP contribution is -2.77. The summed E-state index contributed by atoms with van der Waals surface area (Å²) in [5.41, 5.74) is -1.01. The smallest absolute Gasteiger partial charge is 0.309 e. The Morgan fingerprint density at radius 3 is 2.16 bits per heavy atom. The molecule has 2 amide bonds. The van der Waals surface area contributed by atoms with Gasteiger partial charge in [-0.1, -0.05) is 0 Å². The molecule has 4 aliphatic rings. The van der Waals surface area contributed by atoms with Gasteiger partial charge in [-0.15, -0.1) is 0 Å². The molecule has 0 unspecified atom stereocenters. The van der Waals surface area contributed by atoms with E-state index in [1.54, 1.807) is 62.9 Å². The maximum Gasteiger partial charge on any atom is 0.309 e. The Kier molecular flexibility index (Phi) is 5.27. The number of anilines is 1. The molecule has 4 fully saturated rings. The fourth-order valence-electron chi connectivity index (χ4n) is 5.71. The third-order valence-electron chi connectivity index (χ3n) is 8.03. The summed E-state index contributed by atoms with van der Waals surface area (Å²) in [6.45, 7) is 0. The minimum Gasteiger partial charge on any atom is -0.493 e. The fraction of sp³-hybridized carbons (Fsp3) is 0.357. The highest BCUT2D eigenvalue weighted by Gasteiger charge is 2.73. The number of nitrogens with zero attached hydrogens (tertiary/aromatic N) is 1. The maximum atomic E-state index is 13.0. The van der Waals surface area contributed by atoms with Crippen LogP contribution in [0.25, 0.3) is 10.9 Å². The first-order valence-electron chi connectivity index (χ1n) is 12.4. The van der Waals surface area contributed by atoms with E-state index < -0.39 is 22.3 Å². The highest BCUT2D eigenvalue weighted by Crippen LogP contribution is 2.67. The summed E-state index contributed by atoms with van der Waals surface area (Å²) in [6.07, 6.45) is 3.89. The Bertz CT molecular complexity index is 1460. The van der Waals surface area contributed by atoms with E-state index >= 15 is 0 Å². The molecule has 4 aliphatic carbocycles. The van der Waals surface area contributed by atoms with Crippen LogP contribution in [0.5, 0.6) is 23.0 Å². The molecular weight excluding hydrogens is 490 g/mol. The maximum absolute atomic E-state index is 13.0. The highest BCUT2D eigenvalue weighted by molar-refractivity contribution is 6.13. The molecule has 1 heterocycles. The molecule has 2 bridgehead atoms. The summed E-state index contributed by atoms with van der Waals surface area (Å²) in [5.74, 6) is 0.788. The molecule has 0 saturated heterocycles. The molecule has 0 aliphatic heterocycles. The summed E-state index contributed by atoms with van der Waals surface area (Å²) in [7, 11) is 3.13. The average molecular weight is 518 g/mol. The van der Waals surface area contributed by atoms with Crippen LogP contribution >= 0.6 is 0 Å². The van der Waals surface area contributed by atoms with Gasteiger partial charge >= 0.3 is 5.97 Å². The van der Waals surface area contributed by atoms with Gasteiger partial charge in [0.1, 0.15) is 16.9 Å². The van der Waals surface area contributed by atoms with Crippen molar-refractivity contribution >= 4 is 34.4 Å². The van der Waals surface area contributed by atoms with E-state index in [0.29, 0.717) is 66.3 Å². The monoisotopic (exact) mass is 517 g/mol. The standard InChI is InChI=1S/C28H27N3O7/c1-36-21-11-18-19(12-22(21)37-2)29-10-7-20(18)38-17-5-3-16(4-6-17)30-23(32)28(8-9-28)24(33)31-27-13-26(14-27,15-27)25(34)35/h3-7,10-12H,8-9,13-15H2,1-2H3,(H,30,32)(H,31,33)(H,34,35). The zero-order chi connectivity index (χ0) is 26.7. The number of carboxylic acids is 1. The molecular formula is C28H27N3O7. The zero-order valence-electron chi connectivity index (χ0n) is 21.0. The largest absolute Gasteiger partial charge is 0.493 e. The lowest BCUT2D eigenvalue weighted by molar-refractivity contribution is -0.200. The van der Waals surface area contributed by atoms with Crippen LogP contribution in [0.1, 0.15) is 32.1 Å². The van der Waals surface area contributed by atoms with Gasteiger partial charge in [-0.05, 0) is 68.5 Å². The van der Waals surface area contributed by atoms with E-state index in [4.69, 9.17) is 14.2 Å². The van der Waals surface area contributed by atoms with Crippen LogP contribution in [-0.2, 0) is 14.4 Å². The van der Waals surface area contributed by atoms with Gasteiger partial charge in [0.25, 0.3) is 0 Å². The van der Waals surface area contributed by atoms with Crippen molar-refractivity contribution in [1.29, 1.82) is 0 Å². The van der Waals surface area contributed by atoms with Crippen molar-refractivity contribution in [3.05, 3.63) is 48.7 Å². The number of carboxylic acid groups (broad SMARTS) is 1. The number of amides is 2. The zero-order valence-corrected chi connectivity index (χ0v) is 21.0. The van der Waals surface area contributed by atoms with Gasteiger partial charge in [0, 0.05) is 28.9 Å². The molecule has 0 atom stereocenters. The molecule has 196 valence electrons. The van der Waals surface area contributed by atoms with Crippen LogP contribution < -0.4 is 24.8 Å². The second-order valence-electron chi connectivity index (χ2n) is 10.5. The van der Waals surface area contributed by atoms with Crippen LogP contribution in [0, 0.1) is 10.8 Å². The number of benzene rings is 2. The Hall–Kier alpha value is -4.34. The van der Waals surface area contributed by atoms with Crippen molar-refractivity contribution in [3.8, 4) is 23.0 Å². The van der Waals surface area contributed by atoms with E-state index in [1.165, 1.54) is 0 Å². The van der Waals surface area contributed by atoms with Gasteiger partial charge in [-0.2, -0.15) is 0 Å². The number of carbonyl (C=O) groups is 3. The molecule has 0 spiro atoms. The Morgan fingerprint density at radius 2 is 1.55 bits per heavy atom. The number of hydrogen-bond donors (Lipinski definition) is 3. The number of carbonyl (C=O) groups excluding carboxylic acids is 2. The third-order valence-corrected chi connectivity index (χ3v) is 8.03. The Balaban J connectivity index is 1.11. The van der Waals surface area contributed by atoms with Gasteiger partial charge in [-0.3, -0.25) is 19.4 Å². The molecule has 10 heteroatoms. The van der Waals surface area contributed by atoms with Gasteiger partial charge < -0.3 is 30.0 Å². The topological polar surface area (TPSA) is 136 Å². The van der Waals surface area contributed by atoms with Crippen LogP contribution in [0.15, 0.2) is 48.7 Å². The number of pyridine rings is 1. The summed E-state index contributed by atoms with van der Waals surface area (Å²) >= 11 is 0.